The minimum atomic E-state index is -0.536. The van der Waals surface area contributed by atoms with Crippen LogP contribution in [0.2, 0.25) is 0 Å². The molecule has 0 aromatic heterocycles. The fourth-order valence-electron chi connectivity index (χ4n) is 2.75. The molecule has 1 aromatic rings. The molecular formula is C16H23F2N3S. The van der Waals surface area contributed by atoms with Gasteiger partial charge < -0.3 is 10.6 Å². The Labute approximate surface area is 135 Å². The van der Waals surface area contributed by atoms with Gasteiger partial charge in [0.15, 0.2) is 5.96 Å². The number of nitrogens with zero attached hydrogens (tertiary/aromatic N) is 1. The van der Waals surface area contributed by atoms with Crippen LogP contribution in [0.15, 0.2) is 23.2 Å². The van der Waals surface area contributed by atoms with Crippen molar-refractivity contribution < 1.29 is 8.78 Å². The van der Waals surface area contributed by atoms with Crippen molar-refractivity contribution >= 4 is 17.7 Å². The fraction of sp³-hybridized carbons (Fsp3) is 0.562. The molecule has 1 fully saturated rings. The second-order valence-corrected chi connectivity index (χ2v) is 6.68. The first-order valence-corrected chi connectivity index (χ1v) is 8.84. The summed E-state index contributed by atoms with van der Waals surface area (Å²) in [6, 6.07) is 4.07. The van der Waals surface area contributed by atoms with Gasteiger partial charge in [-0.05, 0) is 49.6 Å². The van der Waals surface area contributed by atoms with Crippen LogP contribution in [-0.4, -0.2) is 37.1 Å². The van der Waals surface area contributed by atoms with E-state index in [1.165, 1.54) is 18.6 Å². The monoisotopic (exact) mass is 327 g/mol. The maximum Gasteiger partial charge on any atom is 0.191 e. The average molecular weight is 327 g/mol. The Morgan fingerprint density at radius 2 is 2.00 bits per heavy atom. The third-order valence-corrected chi connectivity index (χ3v) is 5.01. The number of guanidine groups is 1. The summed E-state index contributed by atoms with van der Waals surface area (Å²) in [6.07, 6.45) is 6.24. The van der Waals surface area contributed by atoms with Gasteiger partial charge in [-0.3, -0.25) is 4.99 Å². The van der Waals surface area contributed by atoms with Crippen molar-refractivity contribution in [1.29, 1.82) is 0 Å². The van der Waals surface area contributed by atoms with Gasteiger partial charge in [-0.25, -0.2) is 8.78 Å². The number of benzene rings is 1. The van der Waals surface area contributed by atoms with E-state index in [4.69, 9.17) is 0 Å². The van der Waals surface area contributed by atoms with Crippen LogP contribution in [0, 0.1) is 11.6 Å². The summed E-state index contributed by atoms with van der Waals surface area (Å²) in [6.45, 7) is 0.585. The van der Waals surface area contributed by atoms with E-state index in [0.717, 1.165) is 30.1 Å². The number of halogens is 2. The lowest BCUT2D eigenvalue weighted by Gasteiger charge is -2.17. The quantitative estimate of drug-likeness (QED) is 0.645. The van der Waals surface area contributed by atoms with E-state index >= 15 is 0 Å². The third-order valence-electron chi connectivity index (χ3n) is 3.91. The third kappa shape index (κ3) is 5.16. The zero-order valence-corrected chi connectivity index (χ0v) is 13.9. The Morgan fingerprint density at radius 3 is 2.59 bits per heavy atom. The van der Waals surface area contributed by atoms with Crippen molar-refractivity contribution in [3.05, 3.63) is 35.4 Å². The molecule has 0 heterocycles. The van der Waals surface area contributed by atoms with Crippen molar-refractivity contribution in [1.82, 2.24) is 10.6 Å². The molecule has 1 saturated carbocycles. The molecule has 0 saturated heterocycles. The van der Waals surface area contributed by atoms with Gasteiger partial charge in [0.05, 0.1) is 0 Å². The number of thioether (sulfide) groups is 1. The topological polar surface area (TPSA) is 36.4 Å². The second-order valence-electron chi connectivity index (χ2n) is 5.54. The normalized spacial score (nSPS) is 21.9. The van der Waals surface area contributed by atoms with Gasteiger partial charge in [-0.2, -0.15) is 11.8 Å². The molecule has 2 atom stereocenters. The van der Waals surface area contributed by atoms with Gasteiger partial charge in [0.2, 0.25) is 0 Å². The van der Waals surface area contributed by atoms with Crippen molar-refractivity contribution in [2.75, 3.05) is 19.8 Å². The minimum absolute atomic E-state index is 0.454. The van der Waals surface area contributed by atoms with Crippen molar-refractivity contribution in [3.8, 4) is 0 Å². The number of hydrogen-bond donors (Lipinski definition) is 2. The Morgan fingerprint density at radius 1 is 1.27 bits per heavy atom. The van der Waals surface area contributed by atoms with E-state index in [1.54, 1.807) is 7.05 Å². The van der Waals surface area contributed by atoms with E-state index in [0.29, 0.717) is 24.6 Å². The lowest BCUT2D eigenvalue weighted by Crippen LogP contribution is -2.43. The Balaban J connectivity index is 1.77. The molecule has 3 nitrogen and oxygen atoms in total. The van der Waals surface area contributed by atoms with E-state index in [-0.39, 0.29) is 0 Å². The SMILES string of the molecule is CN=C(NCCc1cc(F)cc(F)c1)NC1CCC(SC)C1. The molecule has 0 spiro atoms. The van der Waals surface area contributed by atoms with Crippen LogP contribution in [0.5, 0.6) is 0 Å². The first-order valence-electron chi connectivity index (χ1n) is 7.55. The molecule has 0 radical (unpaired) electrons. The molecule has 2 N–H and O–H groups in total. The molecule has 2 rings (SSSR count). The second kappa shape index (κ2) is 8.36. The molecule has 2 unspecified atom stereocenters. The smallest absolute Gasteiger partial charge is 0.191 e. The van der Waals surface area contributed by atoms with Crippen LogP contribution in [0.1, 0.15) is 24.8 Å². The van der Waals surface area contributed by atoms with Gasteiger partial charge in [0, 0.05) is 31.0 Å². The van der Waals surface area contributed by atoms with Gasteiger partial charge in [0.1, 0.15) is 11.6 Å². The van der Waals surface area contributed by atoms with Crippen molar-refractivity contribution in [2.24, 2.45) is 4.99 Å². The fourth-order valence-corrected chi connectivity index (χ4v) is 3.55. The largest absolute Gasteiger partial charge is 0.356 e. The number of aliphatic imine (C=N–C) groups is 1. The highest BCUT2D eigenvalue weighted by Crippen LogP contribution is 2.27. The maximum atomic E-state index is 13.1. The van der Waals surface area contributed by atoms with Crippen molar-refractivity contribution in [2.45, 2.75) is 37.0 Å². The molecule has 6 heteroatoms. The van der Waals surface area contributed by atoms with Crippen LogP contribution in [-0.2, 0) is 6.42 Å². The van der Waals surface area contributed by atoms with Gasteiger partial charge in [-0.15, -0.1) is 0 Å². The number of hydrogen-bond acceptors (Lipinski definition) is 2. The highest BCUT2D eigenvalue weighted by molar-refractivity contribution is 7.99. The Bertz CT molecular complexity index is 502. The summed E-state index contributed by atoms with van der Waals surface area (Å²) >= 11 is 1.92. The number of nitrogens with one attached hydrogen (secondary N) is 2. The Kier molecular flexibility index (Phi) is 6.49. The highest BCUT2D eigenvalue weighted by atomic mass is 32.2. The highest BCUT2D eigenvalue weighted by Gasteiger charge is 2.24. The summed E-state index contributed by atoms with van der Waals surface area (Å²) in [5.41, 5.74) is 0.642. The first-order chi connectivity index (χ1) is 10.6. The maximum absolute atomic E-state index is 13.1. The molecule has 1 aromatic carbocycles. The van der Waals surface area contributed by atoms with E-state index in [1.807, 2.05) is 11.8 Å². The van der Waals surface area contributed by atoms with Gasteiger partial charge in [-0.1, -0.05) is 0 Å². The zero-order chi connectivity index (χ0) is 15.9. The molecule has 122 valence electrons. The van der Waals surface area contributed by atoms with Crippen LogP contribution in [0.25, 0.3) is 0 Å². The Hall–Kier alpha value is -1.30. The van der Waals surface area contributed by atoms with Crippen LogP contribution in [0.3, 0.4) is 0 Å². The van der Waals surface area contributed by atoms with Gasteiger partial charge >= 0.3 is 0 Å². The molecule has 0 amide bonds. The van der Waals surface area contributed by atoms with Crippen LogP contribution >= 0.6 is 11.8 Å². The predicted octanol–water partition coefficient (Wildman–Crippen LogP) is 2.96. The van der Waals surface area contributed by atoms with Crippen LogP contribution in [0.4, 0.5) is 8.78 Å². The summed E-state index contributed by atoms with van der Waals surface area (Å²) in [7, 11) is 1.73. The molecule has 0 bridgehead atoms. The summed E-state index contributed by atoms with van der Waals surface area (Å²) in [4.78, 5) is 4.21. The van der Waals surface area contributed by atoms with E-state index in [2.05, 4.69) is 21.9 Å². The molecule has 1 aliphatic carbocycles. The predicted molar refractivity (Wildman–Crippen MR) is 89.5 cm³/mol. The minimum Gasteiger partial charge on any atom is -0.356 e. The summed E-state index contributed by atoms with van der Waals surface area (Å²) < 4.78 is 26.2. The molecule has 0 aliphatic heterocycles. The lowest BCUT2D eigenvalue weighted by molar-refractivity contribution is 0.578. The lowest BCUT2D eigenvalue weighted by atomic mass is 10.1. The first kappa shape index (κ1) is 17.1. The molecule has 1 aliphatic rings. The zero-order valence-electron chi connectivity index (χ0n) is 13.0. The van der Waals surface area contributed by atoms with Gasteiger partial charge in [0.25, 0.3) is 0 Å². The average Bonchev–Trinajstić information content (AvgIpc) is 2.93. The standard InChI is InChI=1S/C16H23F2N3S/c1-19-16(21-14-3-4-15(10-14)22-2)20-6-5-11-7-12(17)9-13(18)8-11/h7-9,14-15H,3-6,10H2,1-2H3,(H2,19,20,21). The summed E-state index contributed by atoms with van der Waals surface area (Å²) in [5, 5.41) is 7.35. The van der Waals surface area contributed by atoms with E-state index < -0.39 is 11.6 Å². The molecular weight excluding hydrogens is 304 g/mol. The van der Waals surface area contributed by atoms with Crippen molar-refractivity contribution in [3.63, 3.8) is 0 Å². The molecule has 22 heavy (non-hydrogen) atoms. The summed E-state index contributed by atoms with van der Waals surface area (Å²) in [5.74, 6) is -0.318. The van der Waals surface area contributed by atoms with Crippen LogP contribution < -0.4 is 10.6 Å². The van der Waals surface area contributed by atoms with E-state index in [9.17, 15) is 8.78 Å². The number of rotatable bonds is 5.